The standard InChI is InChI=1S/C22H19F2N3OS/c23-19-10-11-21(20(24)12-19)28-14-17-8-6-16(7-9-17)13-26-27-22(25)29-15-18-4-2-1-3-5-18/h1-13H,14-15H2,(H2,25,27). The Balaban J connectivity index is 1.49. The number of benzene rings is 3. The van der Waals surface area contributed by atoms with Crippen LogP contribution in [0.2, 0.25) is 0 Å². The molecule has 3 aromatic rings. The fourth-order valence-corrected chi connectivity index (χ4v) is 2.98. The lowest BCUT2D eigenvalue weighted by atomic mass is 10.1. The lowest BCUT2D eigenvalue weighted by Gasteiger charge is -2.07. The van der Waals surface area contributed by atoms with Gasteiger partial charge in [-0.3, -0.25) is 0 Å². The molecule has 0 amide bonds. The summed E-state index contributed by atoms with van der Waals surface area (Å²) in [7, 11) is 0. The second kappa shape index (κ2) is 10.4. The molecule has 2 N–H and O–H groups in total. The first-order valence-corrected chi connectivity index (χ1v) is 9.79. The Morgan fingerprint density at radius 2 is 1.72 bits per heavy atom. The first-order valence-electron chi connectivity index (χ1n) is 8.80. The van der Waals surface area contributed by atoms with Gasteiger partial charge < -0.3 is 10.5 Å². The average Bonchev–Trinajstić information content (AvgIpc) is 2.73. The van der Waals surface area contributed by atoms with Crippen molar-refractivity contribution in [1.82, 2.24) is 0 Å². The predicted molar refractivity (Wildman–Crippen MR) is 114 cm³/mol. The van der Waals surface area contributed by atoms with Crippen LogP contribution in [0, 0.1) is 11.6 Å². The van der Waals surface area contributed by atoms with Crippen molar-refractivity contribution in [2.24, 2.45) is 15.9 Å². The van der Waals surface area contributed by atoms with Gasteiger partial charge in [0, 0.05) is 11.8 Å². The number of hydrogen-bond donors (Lipinski definition) is 1. The van der Waals surface area contributed by atoms with Crippen molar-refractivity contribution in [3.63, 3.8) is 0 Å². The van der Waals surface area contributed by atoms with Crippen LogP contribution in [-0.4, -0.2) is 11.4 Å². The van der Waals surface area contributed by atoms with Gasteiger partial charge in [0.2, 0.25) is 0 Å². The van der Waals surface area contributed by atoms with E-state index in [2.05, 4.69) is 10.2 Å². The van der Waals surface area contributed by atoms with E-state index in [4.69, 9.17) is 10.5 Å². The minimum absolute atomic E-state index is 0.00912. The highest BCUT2D eigenvalue weighted by atomic mass is 32.2. The average molecular weight is 411 g/mol. The summed E-state index contributed by atoms with van der Waals surface area (Å²) in [5.74, 6) is -0.626. The fraction of sp³-hybridized carbons (Fsp3) is 0.0909. The monoisotopic (exact) mass is 411 g/mol. The Labute approximate surface area is 172 Å². The largest absolute Gasteiger partial charge is 0.486 e. The van der Waals surface area contributed by atoms with Gasteiger partial charge in [0.05, 0.1) is 6.21 Å². The number of hydrogen-bond acceptors (Lipinski definition) is 4. The summed E-state index contributed by atoms with van der Waals surface area (Å²) in [6, 6.07) is 20.5. The number of nitrogens with two attached hydrogens (primary N) is 1. The van der Waals surface area contributed by atoms with Crippen molar-refractivity contribution in [2.75, 3.05) is 0 Å². The van der Waals surface area contributed by atoms with E-state index in [1.54, 1.807) is 6.21 Å². The summed E-state index contributed by atoms with van der Waals surface area (Å²) < 4.78 is 31.8. The lowest BCUT2D eigenvalue weighted by Crippen LogP contribution is -2.06. The van der Waals surface area contributed by atoms with Crippen LogP contribution in [0.15, 0.2) is 83.0 Å². The molecule has 4 nitrogen and oxygen atoms in total. The topological polar surface area (TPSA) is 60.0 Å². The van der Waals surface area contributed by atoms with Gasteiger partial charge in [-0.2, -0.15) is 5.10 Å². The van der Waals surface area contributed by atoms with Gasteiger partial charge >= 0.3 is 0 Å². The molecule has 3 aromatic carbocycles. The zero-order chi connectivity index (χ0) is 20.5. The molecule has 7 heteroatoms. The van der Waals surface area contributed by atoms with Gasteiger partial charge in [-0.15, -0.1) is 5.10 Å². The Hall–Kier alpha value is -3.19. The van der Waals surface area contributed by atoms with Crippen LogP contribution in [0.4, 0.5) is 8.78 Å². The molecular weight excluding hydrogens is 392 g/mol. The molecule has 0 unspecified atom stereocenters. The minimum atomic E-state index is -0.727. The summed E-state index contributed by atoms with van der Waals surface area (Å²) >= 11 is 1.42. The van der Waals surface area contributed by atoms with E-state index in [1.807, 2.05) is 54.6 Å². The first kappa shape index (κ1) is 20.5. The van der Waals surface area contributed by atoms with E-state index < -0.39 is 11.6 Å². The maximum atomic E-state index is 13.6. The summed E-state index contributed by atoms with van der Waals surface area (Å²) in [5, 5.41) is 8.36. The first-order chi connectivity index (χ1) is 14.1. The second-order valence-corrected chi connectivity index (χ2v) is 7.06. The zero-order valence-electron chi connectivity index (χ0n) is 15.5. The molecule has 0 bridgehead atoms. The van der Waals surface area contributed by atoms with E-state index in [1.165, 1.54) is 17.8 Å². The smallest absolute Gasteiger partial charge is 0.180 e. The van der Waals surface area contributed by atoms with Crippen molar-refractivity contribution in [3.8, 4) is 5.75 Å². The molecule has 0 aliphatic rings. The van der Waals surface area contributed by atoms with Crippen LogP contribution >= 0.6 is 11.8 Å². The van der Waals surface area contributed by atoms with Gasteiger partial charge in [-0.1, -0.05) is 66.4 Å². The van der Waals surface area contributed by atoms with Gasteiger partial charge in [0.1, 0.15) is 12.4 Å². The van der Waals surface area contributed by atoms with E-state index in [0.717, 1.165) is 34.6 Å². The van der Waals surface area contributed by atoms with Crippen LogP contribution in [0.5, 0.6) is 5.75 Å². The highest BCUT2D eigenvalue weighted by Gasteiger charge is 2.05. The van der Waals surface area contributed by atoms with Crippen molar-refractivity contribution in [1.29, 1.82) is 0 Å². The molecule has 0 atom stereocenters. The van der Waals surface area contributed by atoms with E-state index in [9.17, 15) is 8.78 Å². The number of ether oxygens (including phenoxy) is 1. The summed E-state index contributed by atoms with van der Waals surface area (Å²) in [6.45, 7) is 0.168. The molecule has 148 valence electrons. The molecule has 0 saturated heterocycles. The van der Waals surface area contributed by atoms with Gasteiger partial charge in [-0.25, -0.2) is 8.78 Å². The van der Waals surface area contributed by atoms with Gasteiger partial charge in [0.15, 0.2) is 16.7 Å². The summed E-state index contributed by atoms with van der Waals surface area (Å²) in [4.78, 5) is 0. The number of thioether (sulfide) groups is 1. The highest BCUT2D eigenvalue weighted by Crippen LogP contribution is 2.19. The van der Waals surface area contributed by atoms with Crippen molar-refractivity contribution >= 4 is 23.1 Å². The molecule has 3 rings (SSSR count). The van der Waals surface area contributed by atoms with E-state index >= 15 is 0 Å². The third-order valence-electron chi connectivity index (χ3n) is 3.86. The van der Waals surface area contributed by atoms with Crippen molar-refractivity contribution in [3.05, 3.63) is 101 Å². The second-order valence-electron chi connectivity index (χ2n) is 6.06. The summed E-state index contributed by atoms with van der Waals surface area (Å²) in [6.07, 6.45) is 1.60. The maximum Gasteiger partial charge on any atom is 0.180 e. The Bertz CT molecular complexity index is 993. The molecule has 0 aromatic heterocycles. The van der Waals surface area contributed by atoms with Crippen LogP contribution in [0.3, 0.4) is 0 Å². The van der Waals surface area contributed by atoms with Crippen LogP contribution in [0.1, 0.15) is 16.7 Å². The van der Waals surface area contributed by atoms with Gasteiger partial charge in [-0.05, 0) is 28.8 Å². The zero-order valence-corrected chi connectivity index (χ0v) is 16.3. The van der Waals surface area contributed by atoms with Crippen molar-refractivity contribution < 1.29 is 13.5 Å². The number of rotatable bonds is 7. The van der Waals surface area contributed by atoms with Crippen LogP contribution in [-0.2, 0) is 12.4 Å². The molecule has 0 fully saturated rings. The highest BCUT2D eigenvalue weighted by molar-refractivity contribution is 8.13. The normalized spacial score (nSPS) is 11.7. The minimum Gasteiger partial charge on any atom is -0.486 e. The quantitative estimate of drug-likeness (QED) is 0.333. The van der Waals surface area contributed by atoms with Crippen LogP contribution in [0.25, 0.3) is 0 Å². The Morgan fingerprint density at radius 1 is 0.966 bits per heavy atom. The Kier molecular flexibility index (Phi) is 7.35. The molecule has 0 aliphatic heterocycles. The molecule has 0 heterocycles. The molecular formula is C22H19F2N3OS. The fourth-order valence-electron chi connectivity index (χ4n) is 2.37. The van der Waals surface area contributed by atoms with E-state index in [-0.39, 0.29) is 12.4 Å². The van der Waals surface area contributed by atoms with Gasteiger partial charge in [0.25, 0.3) is 0 Å². The molecule has 0 aliphatic carbocycles. The molecule has 0 radical (unpaired) electrons. The van der Waals surface area contributed by atoms with E-state index in [0.29, 0.717) is 5.17 Å². The molecule has 0 spiro atoms. The Morgan fingerprint density at radius 3 is 2.45 bits per heavy atom. The SMILES string of the molecule is NC(=NN=Cc1ccc(COc2ccc(F)cc2F)cc1)SCc1ccccc1. The third kappa shape index (κ3) is 6.73. The number of nitrogens with zero attached hydrogens (tertiary/aromatic N) is 2. The number of amidine groups is 1. The molecule has 0 saturated carbocycles. The maximum absolute atomic E-state index is 13.6. The number of halogens is 2. The lowest BCUT2D eigenvalue weighted by molar-refractivity contribution is 0.289. The van der Waals surface area contributed by atoms with Crippen LogP contribution < -0.4 is 10.5 Å². The predicted octanol–water partition coefficient (Wildman–Crippen LogP) is 5.13. The third-order valence-corrected chi connectivity index (χ3v) is 4.72. The molecule has 29 heavy (non-hydrogen) atoms. The van der Waals surface area contributed by atoms with Crippen molar-refractivity contribution in [2.45, 2.75) is 12.4 Å². The summed E-state index contributed by atoms with van der Waals surface area (Å²) in [5.41, 5.74) is 8.70.